The molecule has 0 atom stereocenters. The minimum Gasteiger partial charge on any atom is -0.454 e. The van der Waals surface area contributed by atoms with Gasteiger partial charge < -0.3 is 14.8 Å². The van der Waals surface area contributed by atoms with Crippen molar-refractivity contribution < 1.29 is 22.7 Å². The fourth-order valence-corrected chi connectivity index (χ4v) is 5.12. The quantitative estimate of drug-likeness (QED) is 0.803. The second-order valence-corrected chi connectivity index (χ2v) is 9.10. The summed E-state index contributed by atoms with van der Waals surface area (Å²) in [6.45, 7) is 1.02. The van der Waals surface area contributed by atoms with Gasteiger partial charge in [0.05, 0.1) is 16.1 Å². The third kappa shape index (κ3) is 3.97. The van der Waals surface area contributed by atoms with E-state index in [0.717, 1.165) is 25.7 Å². The van der Waals surface area contributed by atoms with Crippen LogP contribution in [0.1, 0.15) is 41.6 Å². The van der Waals surface area contributed by atoms with E-state index in [1.54, 1.807) is 6.07 Å². The number of ether oxygens (including phenoxy) is 2. The standard InChI is InChI=1S/C21H21N3O5S/c22-13-16-11-19-20(29-14-28-19)12-18(16)23-21(25)15-6-5-7-17(10-15)30(26,27)24-8-3-1-2-4-9-24/h5-7,10-12H,1-4,8-9,14H2,(H,23,25). The van der Waals surface area contributed by atoms with E-state index in [2.05, 4.69) is 5.32 Å². The number of nitriles is 1. The Morgan fingerprint density at radius 1 is 1.03 bits per heavy atom. The Morgan fingerprint density at radius 3 is 2.43 bits per heavy atom. The Kier molecular flexibility index (Phi) is 5.61. The number of rotatable bonds is 4. The lowest BCUT2D eigenvalue weighted by Crippen LogP contribution is -2.32. The molecule has 1 amide bonds. The average Bonchev–Trinajstić information content (AvgIpc) is 3.02. The molecule has 1 saturated heterocycles. The van der Waals surface area contributed by atoms with Crippen LogP contribution >= 0.6 is 0 Å². The normalized spacial score (nSPS) is 16.5. The Labute approximate surface area is 175 Å². The number of nitrogens with zero attached hydrogens (tertiary/aromatic N) is 2. The van der Waals surface area contributed by atoms with Crippen LogP contribution in [-0.4, -0.2) is 38.5 Å². The topological polar surface area (TPSA) is 109 Å². The highest BCUT2D eigenvalue weighted by molar-refractivity contribution is 7.89. The molecule has 4 rings (SSSR count). The predicted molar refractivity (Wildman–Crippen MR) is 109 cm³/mol. The van der Waals surface area contributed by atoms with E-state index in [0.29, 0.717) is 24.6 Å². The zero-order chi connectivity index (χ0) is 21.1. The summed E-state index contributed by atoms with van der Waals surface area (Å²) >= 11 is 0. The fraction of sp³-hybridized carbons (Fsp3) is 0.333. The Balaban J connectivity index is 1.58. The van der Waals surface area contributed by atoms with Crippen molar-refractivity contribution in [3.05, 3.63) is 47.5 Å². The molecule has 2 aliphatic rings. The van der Waals surface area contributed by atoms with E-state index in [4.69, 9.17) is 9.47 Å². The number of hydrogen-bond acceptors (Lipinski definition) is 6. The number of hydrogen-bond donors (Lipinski definition) is 1. The van der Waals surface area contributed by atoms with Crippen LogP contribution in [0.25, 0.3) is 0 Å². The maximum atomic E-state index is 13.0. The van der Waals surface area contributed by atoms with Gasteiger partial charge in [0.2, 0.25) is 16.8 Å². The summed E-state index contributed by atoms with van der Waals surface area (Å²) < 4.78 is 38.1. The molecule has 8 nitrogen and oxygen atoms in total. The van der Waals surface area contributed by atoms with Gasteiger partial charge in [-0.3, -0.25) is 4.79 Å². The van der Waals surface area contributed by atoms with E-state index >= 15 is 0 Å². The van der Waals surface area contributed by atoms with E-state index in [1.165, 1.54) is 34.6 Å². The van der Waals surface area contributed by atoms with Crippen molar-refractivity contribution in [3.8, 4) is 17.6 Å². The lowest BCUT2D eigenvalue weighted by molar-refractivity contribution is 0.102. The van der Waals surface area contributed by atoms with Gasteiger partial charge in [-0.1, -0.05) is 18.9 Å². The molecular weight excluding hydrogens is 406 g/mol. The van der Waals surface area contributed by atoms with Crippen LogP contribution in [0, 0.1) is 11.3 Å². The van der Waals surface area contributed by atoms with Gasteiger partial charge in [-0.2, -0.15) is 9.57 Å². The fourth-order valence-electron chi connectivity index (χ4n) is 3.56. The monoisotopic (exact) mass is 427 g/mol. The van der Waals surface area contributed by atoms with Crippen molar-refractivity contribution in [3.63, 3.8) is 0 Å². The van der Waals surface area contributed by atoms with Crippen LogP contribution in [0.2, 0.25) is 0 Å². The van der Waals surface area contributed by atoms with E-state index in [-0.39, 0.29) is 28.5 Å². The van der Waals surface area contributed by atoms with E-state index in [9.17, 15) is 18.5 Å². The maximum Gasteiger partial charge on any atom is 0.255 e. The minimum atomic E-state index is -3.67. The minimum absolute atomic E-state index is 0.0496. The highest BCUT2D eigenvalue weighted by Gasteiger charge is 2.26. The van der Waals surface area contributed by atoms with Crippen LogP contribution in [0.15, 0.2) is 41.3 Å². The first-order valence-corrected chi connectivity index (χ1v) is 11.2. The van der Waals surface area contributed by atoms with Gasteiger partial charge in [0.1, 0.15) is 6.07 Å². The first kappa shape index (κ1) is 20.2. The van der Waals surface area contributed by atoms with Crippen molar-refractivity contribution in [2.24, 2.45) is 0 Å². The summed E-state index contributed by atoms with van der Waals surface area (Å²) in [5.74, 6) is 0.357. The summed E-state index contributed by atoms with van der Waals surface area (Å²) in [7, 11) is -3.67. The van der Waals surface area contributed by atoms with Crippen molar-refractivity contribution in [2.75, 3.05) is 25.2 Å². The number of nitrogens with one attached hydrogen (secondary N) is 1. The molecule has 9 heteroatoms. The van der Waals surface area contributed by atoms with Gasteiger partial charge >= 0.3 is 0 Å². The van der Waals surface area contributed by atoms with Crippen molar-refractivity contribution in [1.29, 1.82) is 5.26 Å². The number of amides is 1. The SMILES string of the molecule is N#Cc1cc2c(cc1NC(=O)c1cccc(S(=O)(=O)N3CCCCCC3)c1)OCO2. The van der Waals surface area contributed by atoms with Crippen LogP contribution in [0.4, 0.5) is 5.69 Å². The summed E-state index contributed by atoms with van der Waals surface area (Å²) in [6, 6.07) is 11.0. The van der Waals surface area contributed by atoms with Crippen molar-refractivity contribution in [2.45, 2.75) is 30.6 Å². The number of fused-ring (bicyclic) bond motifs is 1. The number of anilines is 1. The first-order valence-electron chi connectivity index (χ1n) is 9.74. The zero-order valence-corrected chi connectivity index (χ0v) is 17.1. The molecule has 1 fully saturated rings. The number of carbonyl (C=O) groups excluding carboxylic acids is 1. The molecule has 156 valence electrons. The predicted octanol–water partition coefficient (Wildman–Crippen LogP) is 3.10. The molecule has 1 N–H and O–H groups in total. The first-order chi connectivity index (χ1) is 14.5. The molecule has 0 spiro atoms. The zero-order valence-electron chi connectivity index (χ0n) is 16.3. The van der Waals surface area contributed by atoms with Crippen molar-refractivity contribution >= 4 is 21.6 Å². The molecule has 2 aromatic rings. The largest absolute Gasteiger partial charge is 0.454 e. The summed E-state index contributed by atoms with van der Waals surface area (Å²) in [4.78, 5) is 12.9. The highest BCUT2D eigenvalue weighted by atomic mass is 32.2. The van der Waals surface area contributed by atoms with E-state index < -0.39 is 15.9 Å². The van der Waals surface area contributed by atoms with Gasteiger partial charge in [0.25, 0.3) is 5.91 Å². The Hall–Kier alpha value is -3.09. The van der Waals surface area contributed by atoms with Gasteiger partial charge in [-0.25, -0.2) is 8.42 Å². The van der Waals surface area contributed by atoms with Gasteiger partial charge in [-0.05, 0) is 31.0 Å². The molecule has 30 heavy (non-hydrogen) atoms. The van der Waals surface area contributed by atoms with E-state index in [1.807, 2.05) is 6.07 Å². The number of sulfonamides is 1. The smallest absolute Gasteiger partial charge is 0.255 e. The van der Waals surface area contributed by atoms with Gasteiger partial charge in [0.15, 0.2) is 11.5 Å². The molecule has 2 heterocycles. The molecule has 0 saturated carbocycles. The molecule has 2 aliphatic heterocycles. The Morgan fingerprint density at radius 2 is 1.73 bits per heavy atom. The second kappa shape index (κ2) is 8.34. The average molecular weight is 427 g/mol. The maximum absolute atomic E-state index is 13.0. The molecule has 0 radical (unpaired) electrons. The molecule has 0 bridgehead atoms. The van der Waals surface area contributed by atoms with Gasteiger partial charge in [0, 0.05) is 30.8 Å². The molecular formula is C21H21N3O5S. The molecule has 0 aliphatic carbocycles. The summed E-state index contributed by atoms with van der Waals surface area (Å²) in [5.41, 5.74) is 0.681. The Bertz CT molecular complexity index is 1120. The lowest BCUT2D eigenvalue weighted by Gasteiger charge is -2.20. The third-order valence-corrected chi connectivity index (χ3v) is 7.08. The van der Waals surface area contributed by atoms with Gasteiger partial charge in [-0.15, -0.1) is 0 Å². The summed E-state index contributed by atoms with van der Waals surface area (Å²) in [5, 5.41) is 12.0. The number of carbonyl (C=O) groups is 1. The summed E-state index contributed by atoms with van der Waals surface area (Å²) in [6.07, 6.45) is 3.71. The molecule has 0 aromatic heterocycles. The van der Waals surface area contributed by atoms with Crippen molar-refractivity contribution in [1.82, 2.24) is 4.31 Å². The third-order valence-electron chi connectivity index (χ3n) is 5.18. The molecule has 0 unspecified atom stereocenters. The molecule has 2 aromatic carbocycles. The van der Waals surface area contributed by atoms with Crippen LogP contribution in [0.5, 0.6) is 11.5 Å². The number of benzene rings is 2. The lowest BCUT2D eigenvalue weighted by atomic mass is 10.1. The second-order valence-electron chi connectivity index (χ2n) is 7.16. The van der Waals surface area contributed by atoms with Crippen LogP contribution in [-0.2, 0) is 10.0 Å². The van der Waals surface area contributed by atoms with Crippen LogP contribution < -0.4 is 14.8 Å². The highest BCUT2D eigenvalue weighted by Crippen LogP contribution is 2.37. The van der Waals surface area contributed by atoms with Crippen LogP contribution in [0.3, 0.4) is 0 Å².